The number of ether oxygens (including phenoxy) is 2. The highest BCUT2D eigenvalue weighted by Gasteiger charge is 2.13. The largest absolute Gasteiger partial charge is 0.491 e. The minimum absolute atomic E-state index is 0.0766. The lowest BCUT2D eigenvalue weighted by molar-refractivity contribution is 0.0340. The molecule has 0 aromatic heterocycles. The topological polar surface area (TPSA) is 50.8 Å². The van der Waals surface area contributed by atoms with Crippen LogP contribution in [-0.4, -0.2) is 43.2 Å². The number of carbonyl (C=O) groups is 1. The first-order chi connectivity index (χ1) is 13.1. The van der Waals surface area contributed by atoms with Crippen LogP contribution in [0.4, 0.5) is 0 Å². The normalized spacial score (nSPS) is 14.9. The number of hydrogen-bond acceptors (Lipinski definition) is 4. The molecule has 1 saturated heterocycles. The average molecular weight is 368 g/mol. The van der Waals surface area contributed by atoms with E-state index in [1.165, 1.54) is 5.56 Å². The van der Waals surface area contributed by atoms with Crippen LogP contribution in [0.25, 0.3) is 0 Å². The second kappa shape index (κ2) is 9.53. The van der Waals surface area contributed by atoms with Gasteiger partial charge in [0.05, 0.1) is 19.3 Å². The Bertz CT molecular complexity index is 737. The number of hydrogen-bond donors (Lipinski definition) is 1. The van der Waals surface area contributed by atoms with Crippen LogP contribution in [0.2, 0.25) is 0 Å². The third kappa shape index (κ3) is 5.81. The molecule has 0 saturated carbocycles. The van der Waals surface area contributed by atoms with Crippen molar-refractivity contribution in [1.29, 1.82) is 0 Å². The van der Waals surface area contributed by atoms with Crippen LogP contribution in [0.5, 0.6) is 5.75 Å². The smallest absolute Gasteiger partial charge is 0.251 e. The minimum atomic E-state index is -0.0766. The molecule has 2 aromatic rings. The molecule has 0 spiro atoms. The van der Waals surface area contributed by atoms with Gasteiger partial charge in [0, 0.05) is 31.7 Å². The summed E-state index contributed by atoms with van der Waals surface area (Å²) in [5.74, 6) is 0.699. The second-order valence-corrected chi connectivity index (χ2v) is 7.03. The Labute approximate surface area is 161 Å². The highest BCUT2D eigenvalue weighted by atomic mass is 16.5. The van der Waals surface area contributed by atoms with Gasteiger partial charge in [0.15, 0.2) is 0 Å². The molecule has 1 heterocycles. The van der Waals surface area contributed by atoms with Gasteiger partial charge in [-0.15, -0.1) is 0 Å². The first-order valence-electron chi connectivity index (χ1n) is 9.53. The van der Waals surface area contributed by atoms with Crippen LogP contribution < -0.4 is 10.1 Å². The summed E-state index contributed by atoms with van der Waals surface area (Å²) in [4.78, 5) is 14.9. The monoisotopic (exact) mass is 368 g/mol. The third-order valence-corrected chi connectivity index (χ3v) is 4.54. The molecule has 5 heteroatoms. The fourth-order valence-electron chi connectivity index (χ4n) is 3.12. The molecular weight excluding hydrogens is 340 g/mol. The Balaban J connectivity index is 1.58. The Kier molecular flexibility index (Phi) is 6.85. The summed E-state index contributed by atoms with van der Waals surface area (Å²) in [6.07, 6.45) is 0.118. The summed E-state index contributed by atoms with van der Waals surface area (Å²) in [7, 11) is 0. The van der Waals surface area contributed by atoms with Gasteiger partial charge in [-0.1, -0.05) is 24.3 Å². The molecule has 1 aliphatic heterocycles. The molecule has 27 heavy (non-hydrogen) atoms. The highest BCUT2D eigenvalue weighted by Crippen LogP contribution is 2.15. The molecule has 144 valence electrons. The lowest BCUT2D eigenvalue weighted by Crippen LogP contribution is -2.36. The van der Waals surface area contributed by atoms with Crippen LogP contribution in [0.1, 0.15) is 35.3 Å². The van der Waals surface area contributed by atoms with Gasteiger partial charge in [-0.2, -0.15) is 0 Å². The van der Waals surface area contributed by atoms with Crippen LogP contribution in [-0.2, 0) is 17.8 Å². The van der Waals surface area contributed by atoms with Crippen LogP contribution >= 0.6 is 0 Å². The first kappa shape index (κ1) is 19.4. The zero-order chi connectivity index (χ0) is 19.1. The fourth-order valence-corrected chi connectivity index (χ4v) is 3.12. The zero-order valence-electron chi connectivity index (χ0n) is 16.1. The summed E-state index contributed by atoms with van der Waals surface area (Å²) in [6, 6.07) is 15.5. The molecule has 3 rings (SSSR count). The van der Waals surface area contributed by atoms with Gasteiger partial charge < -0.3 is 14.8 Å². The first-order valence-corrected chi connectivity index (χ1v) is 9.53. The van der Waals surface area contributed by atoms with Crippen molar-refractivity contribution in [3.8, 4) is 5.75 Å². The number of nitrogens with one attached hydrogen (secondary N) is 1. The lowest BCUT2D eigenvalue weighted by atomic mass is 10.1. The predicted molar refractivity (Wildman–Crippen MR) is 106 cm³/mol. The Morgan fingerprint density at radius 2 is 1.74 bits per heavy atom. The molecule has 1 fully saturated rings. The van der Waals surface area contributed by atoms with Crippen molar-refractivity contribution < 1.29 is 14.3 Å². The summed E-state index contributed by atoms with van der Waals surface area (Å²) >= 11 is 0. The Morgan fingerprint density at radius 3 is 2.41 bits per heavy atom. The molecule has 1 N–H and O–H groups in total. The van der Waals surface area contributed by atoms with Crippen molar-refractivity contribution in [2.75, 3.05) is 26.3 Å². The van der Waals surface area contributed by atoms with Gasteiger partial charge in [-0.3, -0.25) is 9.69 Å². The molecule has 0 atom stereocenters. The SMILES string of the molecule is CC(C)Oc1ccc(C(=O)NCc2ccccc2CN2CCOCC2)cc1. The van der Waals surface area contributed by atoms with E-state index in [0.717, 1.165) is 44.2 Å². The molecule has 0 bridgehead atoms. The van der Waals surface area contributed by atoms with Crippen molar-refractivity contribution in [3.05, 3.63) is 65.2 Å². The minimum Gasteiger partial charge on any atom is -0.491 e. The standard InChI is InChI=1S/C22H28N2O3/c1-17(2)27-21-9-7-18(8-10-21)22(25)23-15-19-5-3-4-6-20(19)16-24-11-13-26-14-12-24/h3-10,17H,11-16H2,1-2H3,(H,23,25). The molecule has 2 aromatic carbocycles. The predicted octanol–water partition coefficient (Wildman–Crippen LogP) is 3.24. The van der Waals surface area contributed by atoms with Crippen molar-refractivity contribution in [2.45, 2.75) is 33.0 Å². The van der Waals surface area contributed by atoms with Gasteiger partial charge in [0.25, 0.3) is 5.91 Å². The van der Waals surface area contributed by atoms with E-state index >= 15 is 0 Å². The summed E-state index contributed by atoms with van der Waals surface area (Å²) in [5.41, 5.74) is 3.04. The number of amides is 1. The molecule has 1 amide bonds. The highest BCUT2D eigenvalue weighted by molar-refractivity contribution is 5.94. The number of nitrogens with zero attached hydrogens (tertiary/aromatic N) is 1. The molecule has 1 aliphatic rings. The van der Waals surface area contributed by atoms with E-state index in [1.54, 1.807) is 12.1 Å². The van der Waals surface area contributed by atoms with Crippen molar-refractivity contribution >= 4 is 5.91 Å². The second-order valence-electron chi connectivity index (χ2n) is 7.03. The Morgan fingerprint density at radius 1 is 1.07 bits per heavy atom. The molecule has 0 aliphatic carbocycles. The summed E-state index contributed by atoms with van der Waals surface area (Å²) in [5, 5.41) is 3.03. The maximum atomic E-state index is 12.5. The molecule has 5 nitrogen and oxygen atoms in total. The molecular formula is C22H28N2O3. The number of morpholine rings is 1. The van der Waals surface area contributed by atoms with E-state index in [1.807, 2.05) is 32.0 Å². The van der Waals surface area contributed by atoms with Crippen molar-refractivity contribution in [1.82, 2.24) is 10.2 Å². The fraction of sp³-hybridized carbons (Fsp3) is 0.409. The van der Waals surface area contributed by atoms with E-state index in [9.17, 15) is 4.79 Å². The van der Waals surface area contributed by atoms with E-state index < -0.39 is 0 Å². The van der Waals surface area contributed by atoms with Crippen LogP contribution in [0, 0.1) is 0 Å². The third-order valence-electron chi connectivity index (χ3n) is 4.54. The number of rotatable bonds is 7. The average Bonchev–Trinajstić information content (AvgIpc) is 2.68. The maximum absolute atomic E-state index is 12.5. The number of carbonyl (C=O) groups excluding carboxylic acids is 1. The van der Waals surface area contributed by atoms with Crippen LogP contribution in [0.15, 0.2) is 48.5 Å². The van der Waals surface area contributed by atoms with Crippen molar-refractivity contribution in [2.24, 2.45) is 0 Å². The van der Waals surface area contributed by atoms with E-state index in [0.29, 0.717) is 12.1 Å². The molecule has 0 unspecified atom stereocenters. The molecule has 0 radical (unpaired) electrons. The maximum Gasteiger partial charge on any atom is 0.251 e. The van der Waals surface area contributed by atoms with Crippen molar-refractivity contribution in [3.63, 3.8) is 0 Å². The zero-order valence-corrected chi connectivity index (χ0v) is 16.1. The summed E-state index contributed by atoms with van der Waals surface area (Å²) in [6.45, 7) is 8.84. The van der Waals surface area contributed by atoms with Gasteiger partial charge in [0.1, 0.15) is 5.75 Å². The van der Waals surface area contributed by atoms with Crippen LogP contribution in [0.3, 0.4) is 0 Å². The van der Waals surface area contributed by atoms with E-state index in [4.69, 9.17) is 9.47 Å². The summed E-state index contributed by atoms with van der Waals surface area (Å²) < 4.78 is 11.0. The van der Waals surface area contributed by atoms with Gasteiger partial charge >= 0.3 is 0 Å². The van der Waals surface area contributed by atoms with Gasteiger partial charge in [0.2, 0.25) is 0 Å². The van der Waals surface area contributed by atoms with Gasteiger partial charge in [-0.05, 0) is 49.2 Å². The van der Waals surface area contributed by atoms with E-state index in [2.05, 4.69) is 28.4 Å². The number of benzene rings is 2. The van der Waals surface area contributed by atoms with E-state index in [-0.39, 0.29) is 12.0 Å². The quantitative estimate of drug-likeness (QED) is 0.815. The van der Waals surface area contributed by atoms with Gasteiger partial charge in [-0.25, -0.2) is 0 Å². The Hall–Kier alpha value is -2.37. The lowest BCUT2D eigenvalue weighted by Gasteiger charge is -2.27.